The van der Waals surface area contributed by atoms with Crippen molar-refractivity contribution < 1.29 is 13.7 Å². The molecular weight excluding hydrogens is 312 g/mol. The lowest BCUT2D eigenvalue weighted by Crippen LogP contribution is -2.31. The molecule has 2 aromatic carbocycles. The van der Waals surface area contributed by atoms with Crippen LogP contribution < -0.4 is 15.4 Å². The standard InChI is InChI=1S/C17H20N2O3S/c1-13-8-9-16(22-14-6-4-3-5-7-14)15(12-13)19-17(20)18-10-11-23(2)21/h3-9,12H,10-11H2,1-2H3,(H2,18,19,20). The van der Waals surface area contributed by atoms with Crippen molar-refractivity contribution in [2.45, 2.75) is 6.92 Å². The number of amides is 2. The highest BCUT2D eigenvalue weighted by Crippen LogP contribution is 2.30. The van der Waals surface area contributed by atoms with E-state index in [9.17, 15) is 9.00 Å². The van der Waals surface area contributed by atoms with Crippen molar-refractivity contribution in [1.82, 2.24) is 5.32 Å². The summed E-state index contributed by atoms with van der Waals surface area (Å²) in [6, 6.07) is 14.6. The fraction of sp³-hybridized carbons (Fsp3) is 0.235. The van der Waals surface area contributed by atoms with Gasteiger partial charge in [-0.05, 0) is 36.8 Å². The highest BCUT2D eigenvalue weighted by atomic mass is 32.2. The van der Waals surface area contributed by atoms with E-state index in [-0.39, 0.29) is 6.03 Å². The van der Waals surface area contributed by atoms with Crippen molar-refractivity contribution in [2.75, 3.05) is 23.9 Å². The maximum atomic E-state index is 11.9. The Balaban J connectivity index is 2.06. The monoisotopic (exact) mass is 332 g/mol. The van der Waals surface area contributed by atoms with Gasteiger partial charge in [-0.2, -0.15) is 0 Å². The molecule has 0 aliphatic rings. The number of carbonyl (C=O) groups excluding carboxylic acids is 1. The van der Waals surface area contributed by atoms with E-state index < -0.39 is 10.8 Å². The van der Waals surface area contributed by atoms with Crippen LogP contribution in [-0.2, 0) is 10.8 Å². The molecule has 1 atom stereocenters. The van der Waals surface area contributed by atoms with Crippen LogP contribution in [0.5, 0.6) is 11.5 Å². The first-order valence-electron chi connectivity index (χ1n) is 7.23. The van der Waals surface area contributed by atoms with Crippen LogP contribution in [0.1, 0.15) is 5.56 Å². The average molecular weight is 332 g/mol. The Morgan fingerprint density at radius 3 is 2.61 bits per heavy atom. The number of nitrogens with one attached hydrogen (secondary N) is 2. The van der Waals surface area contributed by atoms with Crippen LogP contribution in [-0.4, -0.2) is 28.8 Å². The molecule has 2 amide bonds. The Bertz CT molecular complexity index is 689. The first kappa shape index (κ1) is 17.0. The quantitative estimate of drug-likeness (QED) is 0.853. The zero-order chi connectivity index (χ0) is 16.7. The van der Waals surface area contributed by atoms with E-state index in [4.69, 9.17) is 4.74 Å². The number of ether oxygens (including phenoxy) is 1. The summed E-state index contributed by atoms with van der Waals surface area (Å²) < 4.78 is 16.8. The normalized spacial score (nSPS) is 11.6. The Labute approximate surface area is 138 Å². The van der Waals surface area contributed by atoms with E-state index in [1.54, 1.807) is 6.26 Å². The summed E-state index contributed by atoms with van der Waals surface area (Å²) in [5.74, 6) is 1.69. The summed E-state index contributed by atoms with van der Waals surface area (Å²) >= 11 is 0. The maximum Gasteiger partial charge on any atom is 0.319 e. The molecule has 2 aromatic rings. The topological polar surface area (TPSA) is 67.4 Å². The summed E-state index contributed by atoms with van der Waals surface area (Å²) in [7, 11) is -0.930. The predicted octanol–water partition coefficient (Wildman–Crippen LogP) is 3.29. The SMILES string of the molecule is Cc1ccc(Oc2ccccc2)c(NC(=O)NCCS(C)=O)c1. The van der Waals surface area contributed by atoms with E-state index in [0.29, 0.717) is 29.5 Å². The van der Waals surface area contributed by atoms with E-state index >= 15 is 0 Å². The van der Waals surface area contributed by atoms with Crippen LogP contribution >= 0.6 is 0 Å². The van der Waals surface area contributed by atoms with Crippen LogP contribution in [0.4, 0.5) is 10.5 Å². The van der Waals surface area contributed by atoms with Gasteiger partial charge in [0, 0.05) is 29.4 Å². The van der Waals surface area contributed by atoms with Crippen LogP contribution in [0.2, 0.25) is 0 Å². The fourth-order valence-corrected chi connectivity index (χ4v) is 2.31. The highest BCUT2D eigenvalue weighted by molar-refractivity contribution is 7.84. The van der Waals surface area contributed by atoms with Gasteiger partial charge in [-0.3, -0.25) is 4.21 Å². The van der Waals surface area contributed by atoms with Gasteiger partial charge < -0.3 is 15.4 Å². The summed E-state index contributed by atoms with van der Waals surface area (Å²) in [5, 5.41) is 5.45. The van der Waals surface area contributed by atoms with Gasteiger partial charge in [0.25, 0.3) is 0 Å². The fourth-order valence-electron chi connectivity index (χ4n) is 1.92. The minimum atomic E-state index is -0.930. The lowest BCUT2D eigenvalue weighted by atomic mass is 10.2. The van der Waals surface area contributed by atoms with Crippen molar-refractivity contribution in [2.24, 2.45) is 0 Å². The summed E-state index contributed by atoms with van der Waals surface area (Å²) in [5.41, 5.74) is 1.60. The van der Waals surface area contributed by atoms with Gasteiger partial charge in [-0.1, -0.05) is 24.3 Å². The first-order valence-corrected chi connectivity index (χ1v) is 8.96. The van der Waals surface area contributed by atoms with Gasteiger partial charge in [0.15, 0.2) is 5.75 Å². The molecule has 23 heavy (non-hydrogen) atoms. The number of rotatable bonds is 6. The van der Waals surface area contributed by atoms with Crippen molar-refractivity contribution in [3.8, 4) is 11.5 Å². The van der Waals surface area contributed by atoms with E-state index in [1.807, 2.05) is 55.5 Å². The van der Waals surface area contributed by atoms with Crippen molar-refractivity contribution >= 4 is 22.5 Å². The summed E-state index contributed by atoms with van der Waals surface area (Å²) in [6.45, 7) is 2.30. The predicted molar refractivity (Wildman–Crippen MR) is 93.6 cm³/mol. The van der Waals surface area contributed by atoms with Gasteiger partial charge in [0.05, 0.1) is 5.69 Å². The molecule has 0 saturated heterocycles. The molecule has 2 rings (SSSR count). The molecule has 1 unspecified atom stereocenters. The highest BCUT2D eigenvalue weighted by Gasteiger charge is 2.09. The van der Waals surface area contributed by atoms with Gasteiger partial charge in [0.2, 0.25) is 0 Å². The molecule has 0 heterocycles. The average Bonchev–Trinajstić information content (AvgIpc) is 2.50. The smallest absolute Gasteiger partial charge is 0.319 e. The van der Waals surface area contributed by atoms with Crippen LogP contribution in [0.15, 0.2) is 48.5 Å². The number of hydrogen-bond donors (Lipinski definition) is 2. The number of anilines is 1. The maximum absolute atomic E-state index is 11.9. The Morgan fingerprint density at radius 1 is 1.17 bits per heavy atom. The minimum absolute atomic E-state index is 0.348. The number of carbonyl (C=O) groups is 1. The lowest BCUT2D eigenvalue weighted by Gasteiger charge is -2.13. The third kappa shape index (κ3) is 5.75. The molecule has 2 N–H and O–H groups in total. The largest absolute Gasteiger partial charge is 0.455 e. The van der Waals surface area contributed by atoms with E-state index in [0.717, 1.165) is 5.56 Å². The number of urea groups is 1. The zero-order valence-corrected chi connectivity index (χ0v) is 14.0. The van der Waals surface area contributed by atoms with Crippen molar-refractivity contribution in [3.63, 3.8) is 0 Å². The minimum Gasteiger partial charge on any atom is -0.455 e. The van der Waals surface area contributed by atoms with E-state index in [1.165, 1.54) is 0 Å². The molecular formula is C17H20N2O3S. The third-order valence-electron chi connectivity index (χ3n) is 3.03. The number of benzene rings is 2. The molecule has 0 aliphatic heterocycles. The molecule has 0 fully saturated rings. The van der Waals surface area contributed by atoms with Gasteiger partial charge in [-0.25, -0.2) is 4.79 Å². The number of hydrogen-bond acceptors (Lipinski definition) is 3. The third-order valence-corrected chi connectivity index (χ3v) is 3.81. The molecule has 0 saturated carbocycles. The van der Waals surface area contributed by atoms with E-state index in [2.05, 4.69) is 10.6 Å². The second-order valence-electron chi connectivity index (χ2n) is 5.07. The zero-order valence-electron chi connectivity index (χ0n) is 13.2. The molecule has 122 valence electrons. The second-order valence-corrected chi connectivity index (χ2v) is 6.63. The molecule has 0 spiro atoms. The Kier molecular flexibility index (Phi) is 6.17. The van der Waals surface area contributed by atoms with Gasteiger partial charge >= 0.3 is 6.03 Å². The summed E-state index contributed by atoms with van der Waals surface area (Å²) in [6.07, 6.45) is 1.60. The van der Waals surface area contributed by atoms with Crippen molar-refractivity contribution in [3.05, 3.63) is 54.1 Å². The van der Waals surface area contributed by atoms with Crippen LogP contribution in [0.25, 0.3) is 0 Å². The van der Waals surface area contributed by atoms with Crippen LogP contribution in [0, 0.1) is 6.92 Å². The lowest BCUT2D eigenvalue weighted by molar-refractivity contribution is 0.252. The molecule has 6 heteroatoms. The Morgan fingerprint density at radius 2 is 1.91 bits per heavy atom. The first-order chi connectivity index (χ1) is 11.0. The Hall–Kier alpha value is -2.34. The number of aryl methyl sites for hydroxylation is 1. The summed E-state index contributed by atoms with van der Waals surface area (Å²) in [4.78, 5) is 11.9. The molecule has 0 aliphatic carbocycles. The van der Waals surface area contributed by atoms with Crippen molar-refractivity contribution in [1.29, 1.82) is 0 Å². The molecule has 0 aromatic heterocycles. The molecule has 0 bridgehead atoms. The molecule has 0 radical (unpaired) electrons. The van der Waals surface area contributed by atoms with Gasteiger partial charge in [0.1, 0.15) is 5.75 Å². The second kappa shape index (κ2) is 8.33. The molecule has 5 nitrogen and oxygen atoms in total. The van der Waals surface area contributed by atoms with Gasteiger partial charge in [-0.15, -0.1) is 0 Å². The number of para-hydroxylation sites is 1. The van der Waals surface area contributed by atoms with Crippen LogP contribution in [0.3, 0.4) is 0 Å².